The fraction of sp³-hybridized carbons (Fsp3) is 0.206. The SMILES string of the molecule is c1cc2c3c(c1)OCNC31c3c(ccc4c3C3c5c-4ccc4c5C5(NCOc6cccc(c65)C4)[n+]4cnc[n+]1c43)C2. The summed E-state index contributed by atoms with van der Waals surface area (Å²) in [7, 11) is 0. The van der Waals surface area contributed by atoms with Gasteiger partial charge in [0.1, 0.15) is 30.9 Å². The first kappa shape index (κ1) is 20.3. The molecule has 5 aromatic rings. The second-order valence-electron chi connectivity index (χ2n) is 12.3. The molecule has 0 amide bonds. The zero-order valence-electron chi connectivity index (χ0n) is 22.0. The van der Waals surface area contributed by atoms with Crippen molar-refractivity contribution in [3.05, 3.63) is 135 Å². The van der Waals surface area contributed by atoms with Gasteiger partial charge in [0.05, 0.1) is 16.1 Å². The van der Waals surface area contributed by atoms with Crippen molar-refractivity contribution >= 4 is 0 Å². The molecule has 5 heterocycles. The lowest BCUT2D eigenvalue weighted by Gasteiger charge is -2.49. The summed E-state index contributed by atoms with van der Waals surface area (Å²) in [6.07, 6.45) is 5.90. The molecule has 194 valence electrons. The predicted octanol–water partition coefficient (Wildman–Crippen LogP) is 2.63. The largest absolute Gasteiger partial charge is 0.478 e. The maximum Gasteiger partial charge on any atom is 0.360 e. The lowest BCUT2D eigenvalue weighted by molar-refractivity contribution is -0.891. The van der Waals surface area contributed by atoms with E-state index in [4.69, 9.17) is 14.5 Å². The van der Waals surface area contributed by atoms with E-state index in [1.807, 2.05) is 12.7 Å². The minimum absolute atomic E-state index is 0.126. The highest BCUT2D eigenvalue weighted by atomic mass is 16.5. The highest BCUT2D eigenvalue weighted by Gasteiger charge is 2.68. The maximum atomic E-state index is 6.27. The van der Waals surface area contributed by atoms with E-state index in [-0.39, 0.29) is 5.92 Å². The van der Waals surface area contributed by atoms with E-state index in [1.54, 1.807) is 0 Å². The van der Waals surface area contributed by atoms with Crippen LogP contribution in [-0.4, -0.2) is 18.4 Å². The first-order valence-electron chi connectivity index (χ1n) is 14.5. The maximum absolute atomic E-state index is 6.27. The van der Waals surface area contributed by atoms with Crippen LogP contribution in [0.25, 0.3) is 11.1 Å². The third kappa shape index (κ3) is 1.87. The molecule has 7 nitrogen and oxygen atoms in total. The average Bonchev–Trinajstić information content (AvgIpc) is 3.35. The highest BCUT2D eigenvalue weighted by molar-refractivity contribution is 5.87. The van der Waals surface area contributed by atoms with Gasteiger partial charge < -0.3 is 9.47 Å². The average molecular weight is 534 g/mol. The summed E-state index contributed by atoms with van der Waals surface area (Å²) in [4.78, 5) is 5.00. The molecule has 3 aliphatic carbocycles. The normalized spacial score (nSPS) is 26.3. The number of ether oxygens (including phenoxy) is 2. The highest BCUT2D eigenvalue weighted by Crippen LogP contribution is 2.62. The van der Waals surface area contributed by atoms with Crippen LogP contribution in [0.1, 0.15) is 67.4 Å². The topological polar surface area (TPSA) is 63.2 Å². The van der Waals surface area contributed by atoms with Crippen molar-refractivity contribution in [3.8, 4) is 22.6 Å². The molecule has 0 saturated heterocycles. The molecule has 0 saturated carbocycles. The standard InChI is InChI=1S/C34H23N5O2/c1-3-17-11-19-7-9-21-22-10-8-20-12-18-4-2-6-24-29(18)34(37-16-41-24)31(20)26(22)27-25(21)30(19)33(28(17)23(5-1)40-15-36-33)38-13-35-14-39(34)32(27)38/h1-10,13-14,27,36-37H,11-12,15-16H2/q+2. The van der Waals surface area contributed by atoms with E-state index in [0.717, 1.165) is 24.3 Å². The molecule has 41 heavy (non-hydrogen) atoms. The summed E-state index contributed by atoms with van der Waals surface area (Å²) >= 11 is 0. The number of benzene rings is 4. The van der Waals surface area contributed by atoms with E-state index < -0.39 is 11.3 Å². The van der Waals surface area contributed by atoms with E-state index in [1.165, 1.54) is 72.6 Å². The number of nitrogens with zero attached hydrogens (tertiary/aromatic N) is 3. The van der Waals surface area contributed by atoms with Gasteiger partial charge in [0.2, 0.25) is 11.3 Å². The molecule has 2 N–H and O–H groups in total. The van der Waals surface area contributed by atoms with E-state index in [2.05, 4.69) is 80.4 Å². The molecular weight excluding hydrogens is 510 g/mol. The van der Waals surface area contributed by atoms with Gasteiger partial charge in [0.25, 0.3) is 0 Å². The van der Waals surface area contributed by atoms with Crippen LogP contribution in [0.2, 0.25) is 0 Å². The van der Waals surface area contributed by atoms with E-state index in [9.17, 15) is 0 Å². The Balaban J connectivity index is 1.34. The molecule has 2 spiro atoms. The summed E-state index contributed by atoms with van der Waals surface area (Å²) in [6, 6.07) is 22.6. The van der Waals surface area contributed by atoms with Crippen LogP contribution in [0, 0.1) is 0 Å². The molecule has 4 aliphatic heterocycles. The first-order valence-corrected chi connectivity index (χ1v) is 14.5. The molecule has 2 unspecified atom stereocenters. The zero-order valence-corrected chi connectivity index (χ0v) is 22.0. The van der Waals surface area contributed by atoms with Crippen LogP contribution >= 0.6 is 0 Å². The van der Waals surface area contributed by atoms with Gasteiger partial charge >= 0.3 is 18.5 Å². The molecule has 0 fully saturated rings. The molecule has 12 rings (SSSR count). The van der Waals surface area contributed by atoms with Crippen LogP contribution in [0.15, 0.2) is 73.3 Å². The van der Waals surface area contributed by atoms with Gasteiger partial charge in [-0.15, -0.1) is 9.13 Å². The summed E-state index contributed by atoms with van der Waals surface area (Å²) in [6.45, 7) is 0.857. The van der Waals surface area contributed by atoms with Gasteiger partial charge in [-0.3, -0.25) is 0 Å². The van der Waals surface area contributed by atoms with Gasteiger partial charge in [0, 0.05) is 11.1 Å². The van der Waals surface area contributed by atoms with Crippen molar-refractivity contribution in [1.29, 1.82) is 0 Å². The monoisotopic (exact) mass is 533 g/mol. The first-order chi connectivity index (χ1) is 20.3. The molecule has 0 radical (unpaired) electrons. The summed E-state index contributed by atoms with van der Waals surface area (Å²) in [5, 5.41) is 7.82. The predicted molar refractivity (Wildman–Crippen MR) is 146 cm³/mol. The second kappa shape index (κ2) is 6.17. The lowest BCUT2D eigenvalue weighted by Crippen LogP contribution is -2.81. The molecule has 0 bridgehead atoms. The van der Waals surface area contributed by atoms with Crippen LogP contribution in [0.3, 0.4) is 0 Å². The quantitative estimate of drug-likeness (QED) is 0.294. The summed E-state index contributed by atoms with van der Waals surface area (Å²) < 4.78 is 17.4. The van der Waals surface area contributed by atoms with Gasteiger partial charge in [0.15, 0.2) is 0 Å². The Labute approximate surface area is 235 Å². The van der Waals surface area contributed by atoms with E-state index >= 15 is 0 Å². The fourth-order valence-corrected chi connectivity index (χ4v) is 9.76. The molecule has 7 heteroatoms. The van der Waals surface area contributed by atoms with Gasteiger partial charge in [-0.05, 0) is 69.5 Å². The molecule has 1 aromatic heterocycles. The van der Waals surface area contributed by atoms with Crippen LogP contribution in [0.5, 0.6) is 11.5 Å². The van der Waals surface area contributed by atoms with Crippen molar-refractivity contribution in [2.24, 2.45) is 0 Å². The van der Waals surface area contributed by atoms with Crippen LogP contribution in [0.4, 0.5) is 0 Å². The molecule has 2 atom stereocenters. The van der Waals surface area contributed by atoms with Crippen molar-refractivity contribution in [2.45, 2.75) is 30.1 Å². The number of aromatic nitrogens is 3. The van der Waals surface area contributed by atoms with Crippen molar-refractivity contribution in [3.63, 3.8) is 0 Å². The van der Waals surface area contributed by atoms with Crippen LogP contribution in [-0.2, 0) is 24.2 Å². The van der Waals surface area contributed by atoms with Gasteiger partial charge in [-0.1, -0.05) is 48.5 Å². The third-order valence-corrected chi connectivity index (χ3v) is 10.9. The third-order valence-electron chi connectivity index (χ3n) is 10.9. The Morgan fingerprint density at radius 1 is 0.634 bits per heavy atom. The summed E-state index contributed by atoms with van der Waals surface area (Å²) in [5.74, 6) is 3.28. The Bertz CT molecular complexity index is 2010. The Morgan fingerprint density at radius 2 is 1.15 bits per heavy atom. The Kier molecular flexibility index (Phi) is 3.06. The second-order valence-corrected chi connectivity index (χ2v) is 12.3. The molecular formula is C34H23N5O2+2. The van der Waals surface area contributed by atoms with Crippen molar-refractivity contribution < 1.29 is 18.6 Å². The lowest BCUT2D eigenvalue weighted by atomic mass is 9.66. The number of hydrogen-bond donors (Lipinski definition) is 2. The van der Waals surface area contributed by atoms with Gasteiger partial charge in [-0.25, -0.2) is 10.6 Å². The van der Waals surface area contributed by atoms with Crippen LogP contribution < -0.4 is 29.2 Å². The molecule has 4 aromatic carbocycles. The number of fused-ring (bicyclic) bond motifs is 1. The van der Waals surface area contributed by atoms with Crippen molar-refractivity contribution in [2.75, 3.05) is 13.5 Å². The minimum Gasteiger partial charge on any atom is -0.478 e. The zero-order chi connectivity index (χ0) is 26.2. The summed E-state index contributed by atoms with van der Waals surface area (Å²) in [5.41, 5.74) is 15.0. The Morgan fingerprint density at radius 3 is 1.68 bits per heavy atom. The minimum atomic E-state index is -0.605. The smallest absolute Gasteiger partial charge is 0.360 e. The Hall–Kier alpha value is -4.59. The number of hydrogen-bond acceptors (Lipinski definition) is 5. The molecule has 7 aliphatic rings. The number of nitrogens with one attached hydrogen (secondary N) is 2. The number of rotatable bonds is 0. The fourth-order valence-electron chi connectivity index (χ4n) is 9.76. The van der Waals surface area contributed by atoms with Gasteiger partial charge in [-0.2, -0.15) is 0 Å². The van der Waals surface area contributed by atoms with Crippen molar-refractivity contribution in [1.82, 2.24) is 15.6 Å². The van der Waals surface area contributed by atoms with E-state index in [0.29, 0.717) is 13.5 Å².